The van der Waals surface area contributed by atoms with Crippen molar-refractivity contribution >= 4 is 0 Å². The molecular weight excluding hydrogens is 252 g/mol. The molecule has 0 aliphatic heterocycles. The van der Waals surface area contributed by atoms with E-state index < -0.39 is 0 Å². The third kappa shape index (κ3) is 56.1. The molecule has 0 nitrogen and oxygen atoms in total. The van der Waals surface area contributed by atoms with Gasteiger partial charge in [-0.1, -0.05) is 40.0 Å². The second-order valence-electron chi connectivity index (χ2n) is 3.52. The Morgan fingerprint density at radius 2 is 0.944 bits per heavy atom. The Balaban J connectivity index is -0.0000000719. The third-order valence-corrected chi connectivity index (χ3v) is 1.62. The molecule has 0 aliphatic carbocycles. The minimum Gasteiger partial charge on any atom is -0.343 e. The molecule has 0 unspecified atom stereocenters. The summed E-state index contributed by atoms with van der Waals surface area (Å²) in [7, 11) is 0. The van der Waals surface area contributed by atoms with Crippen molar-refractivity contribution in [1.82, 2.24) is 0 Å². The summed E-state index contributed by atoms with van der Waals surface area (Å²) in [4.78, 5) is 0. The molecule has 0 radical (unpaired) electrons. The topological polar surface area (TPSA) is 0 Å². The van der Waals surface area contributed by atoms with Crippen molar-refractivity contribution in [2.24, 2.45) is 0 Å². The Morgan fingerprint density at radius 3 is 1.00 bits per heavy atom. The second-order valence-corrected chi connectivity index (χ2v) is 3.52. The molecule has 0 aliphatic rings. The van der Waals surface area contributed by atoms with Gasteiger partial charge in [-0.15, -0.1) is 0 Å². The summed E-state index contributed by atoms with van der Waals surface area (Å²) < 4.78 is 0. The average molecular weight is 284 g/mol. The van der Waals surface area contributed by atoms with Gasteiger partial charge in [-0.25, -0.2) is 12.1 Å². The largest absolute Gasteiger partial charge is 4.00 e. The van der Waals surface area contributed by atoms with Crippen molar-refractivity contribution in [3.8, 4) is 0 Å². The molecular formula is C17H32Ti. The molecule has 1 heteroatoms. The molecule has 0 saturated carbocycles. The van der Waals surface area contributed by atoms with Crippen molar-refractivity contribution in [3.63, 3.8) is 0 Å². The Bertz CT molecular complexity index is 112. The SMILES string of the molecule is [CH2-]CCC.[CH2-]CCC.[CH2-]CCC.[Ti+4].c1cc[cH-]c1. The Labute approximate surface area is 132 Å². The van der Waals surface area contributed by atoms with Gasteiger partial charge in [0.05, 0.1) is 0 Å². The Kier molecular flexibility index (Phi) is 53.1. The van der Waals surface area contributed by atoms with Crippen LogP contribution in [0.2, 0.25) is 0 Å². The van der Waals surface area contributed by atoms with Gasteiger partial charge in [0.1, 0.15) is 0 Å². The van der Waals surface area contributed by atoms with E-state index in [1.165, 1.54) is 19.3 Å². The minimum absolute atomic E-state index is 0. The van der Waals surface area contributed by atoms with Crippen LogP contribution in [0, 0.1) is 20.8 Å². The van der Waals surface area contributed by atoms with Crippen molar-refractivity contribution in [1.29, 1.82) is 0 Å². The van der Waals surface area contributed by atoms with Crippen molar-refractivity contribution < 1.29 is 21.7 Å². The average Bonchev–Trinajstić information content (AvgIpc) is 2.98. The molecule has 0 fully saturated rings. The van der Waals surface area contributed by atoms with Gasteiger partial charge in [0.25, 0.3) is 0 Å². The van der Waals surface area contributed by atoms with Crippen LogP contribution >= 0.6 is 0 Å². The van der Waals surface area contributed by atoms with E-state index in [4.69, 9.17) is 0 Å². The van der Waals surface area contributed by atoms with E-state index in [2.05, 4.69) is 41.5 Å². The van der Waals surface area contributed by atoms with Crippen LogP contribution in [0.5, 0.6) is 0 Å². The molecule has 1 rings (SSSR count). The van der Waals surface area contributed by atoms with Crippen molar-refractivity contribution in [3.05, 3.63) is 51.1 Å². The van der Waals surface area contributed by atoms with E-state index in [9.17, 15) is 0 Å². The van der Waals surface area contributed by atoms with E-state index in [0.717, 1.165) is 19.3 Å². The van der Waals surface area contributed by atoms with Gasteiger partial charge in [-0.05, 0) is 0 Å². The zero-order chi connectivity index (χ0) is 13.8. The van der Waals surface area contributed by atoms with E-state index >= 15 is 0 Å². The summed E-state index contributed by atoms with van der Waals surface area (Å²) in [6.45, 7) is 17.2. The second kappa shape index (κ2) is 36.0. The maximum absolute atomic E-state index is 3.60. The summed E-state index contributed by atoms with van der Waals surface area (Å²) in [6, 6.07) is 10.0. The molecule has 1 aromatic carbocycles. The number of unbranched alkanes of at least 4 members (excludes halogenated alkanes) is 3. The normalized spacial score (nSPS) is 7.22. The molecule has 0 saturated heterocycles. The molecule has 1 aromatic rings. The monoisotopic (exact) mass is 284 g/mol. The maximum atomic E-state index is 3.60. The zero-order valence-electron chi connectivity index (χ0n) is 12.8. The van der Waals surface area contributed by atoms with Crippen LogP contribution in [0.3, 0.4) is 0 Å². The van der Waals surface area contributed by atoms with Gasteiger partial charge in [0.2, 0.25) is 0 Å². The van der Waals surface area contributed by atoms with Crippen molar-refractivity contribution in [2.45, 2.75) is 59.3 Å². The van der Waals surface area contributed by atoms with Crippen LogP contribution in [0.25, 0.3) is 0 Å². The van der Waals surface area contributed by atoms with Gasteiger partial charge in [-0.3, -0.25) is 0 Å². The van der Waals surface area contributed by atoms with Crippen LogP contribution in [0.15, 0.2) is 30.3 Å². The Morgan fingerprint density at radius 1 is 0.722 bits per heavy atom. The number of hydrogen-bond donors (Lipinski definition) is 0. The first-order valence-electron chi connectivity index (χ1n) is 6.79. The zero-order valence-corrected chi connectivity index (χ0v) is 14.3. The van der Waals surface area contributed by atoms with Crippen molar-refractivity contribution in [2.75, 3.05) is 0 Å². The van der Waals surface area contributed by atoms with E-state index in [1.54, 1.807) is 0 Å². The summed E-state index contributed by atoms with van der Waals surface area (Å²) in [5.41, 5.74) is 0. The molecule has 0 N–H and O–H groups in total. The van der Waals surface area contributed by atoms with E-state index in [1.807, 2.05) is 30.3 Å². The fourth-order valence-corrected chi connectivity index (χ4v) is 0.321. The smallest absolute Gasteiger partial charge is 0.343 e. The predicted molar refractivity (Wildman–Crippen MR) is 82.8 cm³/mol. The first kappa shape index (κ1) is 26.6. The summed E-state index contributed by atoms with van der Waals surface area (Å²) in [5, 5.41) is 0. The first-order chi connectivity index (χ1) is 8.24. The number of rotatable bonds is 3. The molecule has 0 aromatic heterocycles. The summed E-state index contributed by atoms with van der Waals surface area (Å²) in [5.74, 6) is 0. The molecule has 0 amide bonds. The quantitative estimate of drug-likeness (QED) is 0.453. The van der Waals surface area contributed by atoms with Gasteiger partial charge in [-0.2, -0.15) is 37.5 Å². The van der Waals surface area contributed by atoms with Crippen LogP contribution < -0.4 is 0 Å². The van der Waals surface area contributed by atoms with Crippen LogP contribution in [0.4, 0.5) is 0 Å². The van der Waals surface area contributed by atoms with Gasteiger partial charge in [0, 0.05) is 0 Å². The van der Waals surface area contributed by atoms with Gasteiger partial charge in [0.15, 0.2) is 0 Å². The molecule has 104 valence electrons. The fraction of sp³-hybridized carbons (Fsp3) is 0.529. The summed E-state index contributed by atoms with van der Waals surface area (Å²) >= 11 is 0. The van der Waals surface area contributed by atoms with E-state index in [-0.39, 0.29) is 21.7 Å². The van der Waals surface area contributed by atoms with Gasteiger partial charge < -0.3 is 20.8 Å². The van der Waals surface area contributed by atoms with Crippen LogP contribution in [0.1, 0.15) is 59.3 Å². The van der Waals surface area contributed by atoms with E-state index in [0.29, 0.717) is 0 Å². The molecule has 0 spiro atoms. The maximum Gasteiger partial charge on any atom is 4.00 e. The van der Waals surface area contributed by atoms with Crippen LogP contribution in [-0.4, -0.2) is 0 Å². The van der Waals surface area contributed by atoms with Crippen LogP contribution in [-0.2, 0) is 21.7 Å². The summed E-state index contributed by atoms with van der Waals surface area (Å²) in [6.07, 6.45) is 6.83. The fourth-order valence-electron chi connectivity index (χ4n) is 0.321. The predicted octanol–water partition coefficient (Wildman–Crippen LogP) is 6.26. The molecule has 18 heavy (non-hydrogen) atoms. The Hall–Kier alpha value is 0.0643. The molecule has 0 bridgehead atoms. The third-order valence-electron chi connectivity index (χ3n) is 1.62. The first-order valence-corrected chi connectivity index (χ1v) is 6.79. The van der Waals surface area contributed by atoms with Gasteiger partial charge >= 0.3 is 21.7 Å². The minimum atomic E-state index is 0. The number of hydrogen-bond acceptors (Lipinski definition) is 0. The molecule has 0 atom stereocenters. The standard InChI is InChI=1S/C5H5.3C4H9.Ti/c1-2-4-5-3-1;3*1-3-4-2;/h1-5H;3*1,3-4H2,2H3;/q4*-1;+4. The molecule has 0 heterocycles.